The van der Waals surface area contributed by atoms with Crippen molar-refractivity contribution < 1.29 is 14.2 Å². The van der Waals surface area contributed by atoms with Crippen LogP contribution in [-0.4, -0.2) is 33.5 Å². The number of hydrogen-bond donors (Lipinski definition) is 1. The lowest BCUT2D eigenvalue weighted by Crippen LogP contribution is -2.19. The summed E-state index contributed by atoms with van der Waals surface area (Å²) < 4.78 is 16.5. The second kappa shape index (κ2) is 11.0. The van der Waals surface area contributed by atoms with Crippen LogP contribution in [0.1, 0.15) is 11.1 Å². The predicted molar refractivity (Wildman–Crippen MR) is 96.6 cm³/mol. The minimum absolute atomic E-state index is 0.500. The van der Waals surface area contributed by atoms with Crippen molar-refractivity contribution in [3.8, 4) is 5.75 Å². The maximum Gasteiger partial charge on any atom is 0.124 e. The summed E-state index contributed by atoms with van der Waals surface area (Å²) in [4.78, 5) is 0. The first kappa shape index (κ1) is 18.7. The smallest absolute Gasteiger partial charge is 0.124 e. The van der Waals surface area contributed by atoms with Gasteiger partial charge in [0.05, 0.1) is 19.8 Å². The van der Waals surface area contributed by atoms with Gasteiger partial charge < -0.3 is 19.5 Å². The van der Waals surface area contributed by atoms with Gasteiger partial charge in [-0.3, -0.25) is 0 Å². The third kappa shape index (κ3) is 6.89. The predicted octanol–water partition coefficient (Wildman–Crippen LogP) is 3.67. The number of rotatable bonds is 11. The molecule has 0 aliphatic carbocycles. The molecule has 2 rings (SSSR count). The molecule has 0 saturated heterocycles. The molecular weight excluding hydrogens is 326 g/mol. The molecule has 0 saturated carbocycles. The standard InChI is InChI=1S/C19H24ClNO3/c1-22-10-9-21-14-17-13-18(20)7-8-19(17)24-12-11-23-15-16-5-3-2-4-6-16/h2-8,13,21H,9-12,14-15H2,1H3. The fourth-order valence-corrected chi connectivity index (χ4v) is 2.39. The van der Waals surface area contributed by atoms with Crippen LogP contribution in [0.3, 0.4) is 0 Å². The van der Waals surface area contributed by atoms with E-state index in [9.17, 15) is 0 Å². The molecule has 0 unspecified atom stereocenters. The number of benzene rings is 2. The van der Waals surface area contributed by atoms with Crippen LogP contribution in [-0.2, 0) is 22.6 Å². The van der Waals surface area contributed by atoms with Crippen LogP contribution in [0.5, 0.6) is 5.75 Å². The van der Waals surface area contributed by atoms with E-state index in [4.69, 9.17) is 25.8 Å². The first-order valence-corrected chi connectivity index (χ1v) is 8.40. The molecule has 0 aromatic heterocycles. The zero-order chi connectivity index (χ0) is 17.0. The number of halogens is 1. The van der Waals surface area contributed by atoms with E-state index in [-0.39, 0.29) is 0 Å². The summed E-state index contributed by atoms with van der Waals surface area (Å²) in [6.45, 7) is 3.76. The fourth-order valence-electron chi connectivity index (χ4n) is 2.20. The monoisotopic (exact) mass is 349 g/mol. The molecule has 2 aromatic carbocycles. The molecule has 0 aliphatic heterocycles. The second-order valence-corrected chi connectivity index (χ2v) is 5.74. The molecule has 4 nitrogen and oxygen atoms in total. The molecule has 0 bridgehead atoms. The Morgan fingerprint density at radius 2 is 1.83 bits per heavy atom. The van der Waals surface area contributed by atoms with Crippen LogP contribution in [0.2, 0.25) is 5.02 Å². The molecule has 0 fully saturated rings. The summed E-state index contributed by atoms with van der Waals surface area (Å²) in [5.41, 5.74) is 2.19. The van der Waals surface area contributed by atoms with E-state index in [1.165, 1.54) is 0 Å². The van der Waals surface area contributed by atoms with E-state index in [0.717, 1.165) is 23.4 Å². The van der Waals surface area contributed by atoms with Crippen LogP contribution in [0.4, 0.5) is 0 Å². The van der Waals surface area contributed by atoms with Gasteiger partial charge in [-0.25, -0.2) is 0 Å². The van der Waals surface area contributed by atoms with E-state index in [1.807, 2.05) is 48.5 Å². The summed E-state index contributed by atoms with van der Waals surface area (Å²) in [5, 5.41) is 4.00. The molecule has 0 amide bonds. The lowest BCUT2D eigenvalue weighted by atomic mass is 10.2. The Bertz CT molecular complexity index is 592. The maximum atomic E-state index is 6.08. The van der Waals surface area contributed by atoms with Gasteiger partial charge in [-0.1, -0.05) is 41.9 Å². The van der Waals surface area contributed by atoms with E-state index in [0.29, 0.717) is 38.0 Å². The summed E-state index contributed by atoms with van der Waals surface area (Å²) in [6, 6.07) is 15.7. The van der Waals surface area contributed by atoms with Crippen molar-refractivity contribution in [3.05, 3.63) is 64.7 Å². The van der Waals surface area contributed by atoms with Crippen molar-refractivity contribution in [1.29, 1.82) is 0 Å². The van der Waals surface area contributed by atoms with Crippen molar-refractivity contribution in [2.24, 2.45) is 0 Å². The lowest BCUT2D eigenvalue weighted by molar-refractivity contribution is 0.0886. The van der Waals surface area contributed by atoms with Crippen LogP contribution >= 0.6 is 11.6 Å². The summed E-state index contributed by atoms with van der Waals surface area (Å²) >= 11 is 6.08. The Labute approximate surface area is 148 Å². The number of nitrogens with one attached hydrogen (secondary N) is 1. The van der Waals surface area contributed by atoms with Crippen LogP contribution in [0.25, 0.3) is 0 Å². The highest BCUT2D eigenvalue weighted by atomic mass is 35.5. The van der Waals surface area contributed by atoms with E-state index >= 15 is 0 Å². The Kier molecular flexibility index (Phi) is 8.63. The van der Waals surface area contributed by atoms with Crippen molar-refractivity contribution >= 4 is 11.6 Å². The zero-order valence-corrected chi connectivity index (χ0v) is 14.7. The van der Waals surface area contributed by atoms with Gasteiger partial charge >= 0.3 is 0 Å². The van der Waals surface area contributed by atoms with Gasteiger partial charge in [0.25, 0.3) is 0 Å². The third-order valence-corrected chi connectivity index (χ3v) is 3.65. The zero-order valence-electron chi connectivity index (χ0n) is 14.0. The molecule has 5 heteroatoms. The van der Waals surface area contributed by atoms with E-state index in [1.54, 1.807) is 7.11 Å². The highest BCUT2D eigenvalue weighted by Crippen LogP contribution is 2.22. The van der Waals surface area contributed by atoms with Crippen LogP contribution in [0, 0.1) is 0 Å². The number of hydrogen-bond acceptors (Lipinski definition) is 4. The van der Waals surface area contributed by atoms with Gasteiger partial charge in [0.1, 0.15) is 12.4 Å². The van der Waals surface area contributed by atoms with Gasteiger partial charge in [0, 0.05) is 30.8 Å². The lowest BCUT2D eigenvalue weighted by Gasteiger charge is -2.13. The maximum absolute atomic E-state index is 6.08. The summed E-state index contributed by atoms with van der Waals surface area (Å²) in [7, 11) is 1.69. The van der Waals surface area contributed by atoms with Crippen molar-refractivity contribution in [3.63, 3.8) is 0 Å². The minimum Gasteiger partial charge on any atom is -0.491 e. The molecule has 24 heavy (non-hydrogen) atoms. The summed E-state index contributed by atoms with van der Waals surface area (Å²) in [6.07, 6.45) is 0. The molecular formula is C19H24ClNO3. The van der Waals surface area contributed by atoms with Gasteiger partial charge in [0.2, 0.25) is 0 Å². The molecule has 0 aliphatic rings. The average molecular weight is 350 g/mol. The largest absolute Gasteiger partial charge is 0.491 e. The fraction of sp³-hybridized carbons (Fsp3) is 0.368. The van der Waals surface area contributed by atoms with Crippen molar-refractivity contribution in [2.75, 3.05) is 33.5 Å². The molecule has 0 spiro atoms. The summed E-state index contributed by atoms with van der Waals surface area (Å²) in [5.74, 6) is 0.827. The van der Waals surface area contributed by atoms with Crippen LogP contribution in [0.15, 0.2) is 48.5 Å². The molecule has 0 atom stereocenters. The average Bonchev–Trinajstić information content (AvgIpc) is 2.61. The first-order valence-electron chi connectivity index (χ1n) is 8.02. The molecule has 2 aromatic rings. The van der Waals surface area contributed by atoms with Crippen molar-refractivity contribution in [2.45, 2.75) is 13.2 Å². The third-order valence-electron chi connectivity index (χ3n) is 3.42. The quantitative estimate of drug-likeness (QED) is 0.628. The normalized spacial score (nSPS) is 10.8. The van der Waals surface area contributed by atoms with Crippen molar-refractivity contribution in [1.82, 2.24) is 5.32 Å². The first-order chi connectivity index (χ1) is 11.8. The van der Waals surface area contributed by atoms with Gasteiger partial charge in [-0.2, -0.15) is 0 Å². The molecule has 0 heterocycles. The second-order valence-electron chi connectivity index (χ2n) is 5.31. The van der Waals surface area contributed by atoms with Gasteiger partial charge in [-0.15, -0.1) is 0 Å². The number of methoxy groups -OCH3 is 1. The highest BCUT2D eigenvalue weighted by molar-refractivity contribution is 6.30. The Balaban J connectivity index is 1.74. The van der Waals surface area contributed by atoms with E-state index in [2.05, 4.69) is 5.32 Å². The highest BCUT2D eigenvalue weighted by Gasteiger charge is 2.05. The number of ether oxygens (including phenoxy) is 3. The molecule has 130 valence electrons. The van der Waals surface area contributed by atoms with Crippen LogP contribution < -0.4 is 10.1 Å². The Morgan fingerprint density at radius 1 is 1.00 bits per heavy atom. The minimum atomic E-state index is 0.500. The van der Waals surface area contributed by atoms with Gasteiger partial charge in [0.15, 0.2) is 0 Å². The van der Waals surface area contributed by atoms with Gasteiger partial charge in [-0.05, 0) is 23.8 Å². The topological polar surface area (TPSA) is 39.7 Å². The SMILES string of the molecule is COCCNCc1cc(Cl)ccc1OCCOCc1ccccc1. The Hall–Kier alpha value is -1.59. The molecule has 1 N–H and O–H groups in total. The van der Waals surface area contributed by atoms with E-state index < -0.39 is 0 Å². The molecule has 0 radical (unpaired) electrons. The Morgan fingerprint density at radius 3 is 2.62 bits per heavy atom.